The highest BCUT2D eigenvalue weighted by Gasteiger charge is 2.11. The van der Waals surface area contributed by atoms with Gasteiger partial charge in [-0.2, -0.15) is 5.10 Å². The Morgan fingerprint density at radius 3 is 2.57 bits per heavy atom. The molecule has 2 unspecified atom stereocenters. The minimum absolute atomic E-state index is 0.306. The predicted molar refractivity (Wildman–Crippen MR) is 85.3 cm³/mol. The number of aromatic nitrogens is 2. The van der Waals surface area contributed by atoms with Gasteiger partial charge in [-0.1, -0.05) is 12.1 Å². The molecule has 2 atom stereocenters. The van der Waals surface area contributed by atoms with Gasteiger partial charge in [0.1, 0.15) is 5.75 Å². The maximum Gasteiger partial charge on any atom is 0.115 e. The summed E-state index contributed by atoms with van der Waals surface area (Å²) in [5.41, 5.74) is 2.49. The second kappa shape index (κ2) is 7.27. The van der Waals surface area contributed by atoms with Crippen LogP contribution in [0.3, 0.4) is 0 Å². The number of hydrogen-bond acceptors (Lipinski definition) is 3. The normalized spacial score (nSPS) is 14.0. The molecule has 21 heavy (non-hydrogen) atoms. The molecule has 1 aromatic carbocycles. The minimum atomic E-state index is 0.306. The van der Waals surface area contributed by atoms with Crippen molar-refractivity contribution in [2.24, 2.45) is 0 Å². The van der Waals surface area contributed by atoms with Crippen LogP contribution in [0, 0.1) is 0 Å². The Kier molecular flexibility index (Phi) is 5.39. The first kappa shape index (κ1) is 15.6. The molecule has 1 aromatic heterocycles. The third-order valence-electron chi connectivity index (χ3n) is 3.81. The molecule has 0 amide bonds. The zero-order valence-electron chi connectivity index (χ0n) is 13.1. The van der Waals surface area contributed by atoms with E-state index in [0.717, 1.165) is 19.4 Å². The summed E-state index contributed by atoms with van der Waals surface area (Å²) in [6.07, 6.45) is 6.12. The Morgan fingerprint density at radius 2 is 1.95 bits per heavy atom. The second-order valence-electron chi connectivity index (χ2n) is 5.62. The first-order valence-corrected chi connectivity index (χ1v) is 7.64. The van der Waals surface area contributed by atoms with Crippen LogP contribution in [0.2, 0.25) is 0 Å². The van der Waals surface area contributed by atoms with Crippen molar-refractivity contribution in [3.05, 3.63) is 47.8 Å². The van der Waals surface area contributed by atoms with Gasteiger partial charge in [0.25, 0.3) is 0 Å². The molecule has 0 aliphatic heterocycles. The van der Waals surface area contributed by atoms with Crippen LogP contribution in [0.5, 0.6) is 5.75 Å². The maximum absolute atomic E-state index is 9.28. The summed E-state index contributed by atoms with van der Waals surface area (Å²) in [6, 6.07) is 8.19. The van der Waals surface area contributed by atoms with E-state index in [2.05, 4.69) is 37.4 Å². The smallest absolute Gasteiger partial charge is 0.115 e. The number of nitrogens with one attached hydrogen (secondary N) is 1. The van der Waals surface area contributed by atoms with Crippen LogP contribution in [0.4, 0.5) is 0 Å². The average molecular weight is 287 g/mol. The molecule has 1 heterocycles. The Morgan fingerprint density at radius 1 is 1.24 bits per heavy atom. The summed E-state index contributed by atoms with van der Waals surface area (Å²) in [6.45, 7) is 7.38. The fourth-order valence-electron chi connectivity index (χ4n) is 2.43. The van der Waals surface area contributed by atoms with Crippen LogP contribution < -0.4 is 5.32 Å². The SMILES string of the molecule is CCn1cc(C(C)NC(C)CCc2ccc(O)cc2)cn1. The fourth-order valence-corrected chi connectivity index (χ4v) is 2.43. The summed E-state index contributed by atoms with van der Waals surface area (Å²) in [5, 5.41) is 17.2. The van der Waals surface area contributed by atoms with Crippen LogP contribution in [0.1, 0.15) is 44.4 Å². The van der Waals surface area contributed by atoms with Gasteiger partial charge in [0.2, 0.25) is 0 Å². The molecule has 0 aliphatic rings. The van der Waals surface area contributed by atoms with Crippen LogP contribution in [0.15, 0.2) is 36.7 Å². The van der Waals surface area contributed by atoms with E-state index in [1.165, 1.54) is 11.1 Å². The standard InChI is InChI=1S/C17H25N3O/c1-4-20-12-16(11-18-20)14(3)19-13(2)5-6-15-7-9-17(21)10-8-15/h7-14,19,21H,4-6H2,1-3H3. The van der Waals surface area contributed by atoms with E-state index in [1.807, 2.05) is 23.0 Å². The highest BCUT2D eigenvalue weighted by Crippen LogP contribution is 2.15. The summed E-state index contributed by atoms with van der Waals surface area (Å²) in [7, 11) is 0. The van der Waals surface area contributed by atoms with Gasteiger partial charge >= 0.3 is 0 Å². The molecule has 0 aliphatic carbocycles. The lowest BCUT2D eigenvalue weighted by Crippen LogP contribution is -2.29. The van der Waals surface area contributed by atoms with Crippen molar-refractivity contribution in [3.8, 4) is 5.75 Å². The molecule has 2 rings (SSSR count). The number of nitrogens with zero attached hydrogens (tertiary/aromatic N) is 2. The van der Waals surface area contributed by atoms with Gasteiger partial charge in [0.15, 0.2) is 0 Å². The van der Waals surface area contributed by atoms with Crippen LogP contribution in [-0.4, -0.2) is 20.9 Å². The van der Waals surface area contributed by atoms with Gasteiger partial charge < -0.3 is 10.4 Å². The van der Waals surface area contributed by atoms with Crippen molar-refractivity contribution in [2.75, 3.05) is 0 Å². The van der Waals surface area contributed by atoms with E-state index in [4.69, 9.17) is 0 Å². The van der Waals surface area contributed by atoms with E-state index < -0.39 is 0 Å². The van der Waals surface area contributed by atoms with Crippen molar-refractivity contribution >= 4 is 0 Å². The van der Waals surface area contributed by atoms with Crippen molar-refractivity contribution in [3.63, 3.8) is 0 Å². The molecular formula is C17H25N3O. The largest absolute Gasteiger partial charge is 0.508 e. The van der Waals surface area contributed by atoms with E-state index in [-0.39, 0.29) is 0 Å². The number of phenolic OH excluding ortho intramolecular Hbond substituents is 1. The predicted octanol–water partition coefficient (Wildman–Crippen LogP) is 3.28. The van der Waals surface area contributed by atoms with Crippen molar-refractivity contribution < 1.29 is 5.11 Å². The Hall–Kier alpha value is -1.81. The van der Waals surface area contributed by atoms with Gasteiger partial charge in [0.05, 0.1) is 6.20 Å². The molecule has 0 spiro atoms. The third kappa shape index (κ3) is 4.60. The molecule has 0 fully saturated rings. The number of benzene rings is 1. The van der Waals surface area contributed by atoms with Crippen LogP contribution in [0.25, 0.3) is 0 Å². The van der Waals surface area contributed by atoms with Gasteiger partial charge in [-0.15, -0.1) is 0 Å². The lowest BCUT2D eigenvalue weighted by atomic mass is 10.0. The lowest BCUT2D eigenvalue weighted by Gasteiger charge is -2.19. The van der Waals surface area contributed by atoms with Gasteiger partial charge in [-0.25, -0.2) is 0 Å². The van der Waals surface area contributed by atoms with Gasteiger partial charge in [-0.3, -0.25) is 4.68 Å². The number of aromatic hydroxyl groups is 1. The molecule has 4 heteroatoms. The lowest BCUT2D eigenvalue weighted by molar-refractivity contribution is 0.455. The molecule has 0 saturated carbocycles. The van der Waals surface area contributed by atoms with Crippen molar-refractivity contribution in [1.29, 1.82) is 0 Å². The fraction of sp³-hybridized carbons (Fsp3) is 0.471. The number of aryl methyl sites for hydroxylation is 2. The third-order valence-corrected chi connectivity index (χ3v) is 3.81. The molecule has 0 bridgehead atoms. The minimum Gasteiger partial charge on any atom is -0.508 e. The molecule has 0 saturated heterocycles. The highest BCUT2D eigenvalue weighted by atomic mass is 16.3. The first-order chi connectivity index (χ1) is 10.1. The van der Waals surface area contributed by atoms with Gasteiger partial charge in [0, 0.05) is 30.4 Å². The second-order valence-corrected chi connectivity index (χ2v) is 5.62. The zero-order chi connectivity index (χ0) is 15.2. The summed E-state index contributed by atoms with van der Waals surface area (Å²) >= 11 is 0. The zero-order valence-corrected chi connectivity index (χ0v) is 13.1. The Labute approximate surface area is 126 Å². The molecular weight excluding hydrogens is 262 g/mol. The first-order valence-electron chi connectivity index (χ1n) is 7.64. The Bertz CT molecular complexity index is 547. The molecule has 114 valence electrons. The molecule has 0 radical (unpaired) electrons. The monoisotopic (exact) mass is 287 g/mol. The highest BCUT2D eigenvalue weighted by molar-refractivity contribution is 5.25. The van der Waals surface area contributed by atoms with Crippen molar-refractivity contribution in [1.82, 2.24) is 15.1 Å². The van der Waals surface area contributed by atoms with Crippen molar-refractivity contribution in [2.45, 2.75) is 52.2 Å². The van der Waals surface area contributed by atoms with Crippen LogP contribution in [-0.2, 0) is 13.0 Å². The van der Waals surface area contributed by atoms with E-state index in [9.17, 15) is 5.11 Å². The number of hydrogen-bond donors (Lipinski definition) is 2. The quantitative estimate of drug-likeness (QED) is 0.821. The topological polar surface area (TPSA) is 50.1 Å². The summed E-state index contributed by atoms with van der Waals surface area (Å²) in [4.78, 5) is 0. The number of rotatable bonds is 7. The van der Waals surface area contributed by atoms with Crippen LogP contribution >= 0.6 is 0 Å². The maximum atomic E-state index is 9.28. The van der Waals surface area contributed by atoms with E-state index in [0.29, 0.717) is 17.8 Å². The number of phenols is 1. The van der Waals surface area contributed by atoms with Gasteiger partial charge in [-0.05, 0) is 51.3 Å². The Balaban J connectivity index is 1.80. The molecule has 2 aromatic rings. The molecule has 4 nitrogen and oxygen atoms in total. The molecule has 2 N–H and O–H groups in total. The van der Waals surface area contributed by atoms with E-state index >= 15 is 0 Å². The summed E-state index contributed by atoms with van der Waals surface area (Å²) < 4.78 is 1.95. The summed E-state index contributed by atoms with van der Waals surface area (Å²) in [5.74, 6) is 0.325. The van der Waals surface area contributed by atoms with E-state index in [1.54, 1.807) is 12.1 Å². The average Bonchev–Trinajstić information content (AvgIpc) is 2.96.